The summed E-state index contributed by atoms with van der Waals surface area (Å²) in [5.41, 5.74) is 0. The van der Waals surface area contributed by atoms with Gasteiger partial charge >= 0.3 is 5.97 Å². The number of carbonyl (C=O) groups is 2. The molecule has 0 rings (SSSR count). The van der Waals surface area contributed by atoms with E-state index < -0.39 is 12.0 Å². The maximum absolute atomic E-state index is 11.5. The van der Waals surface area contributed by atoms with Crippen LogP contribution in [0.25, 0.3) is 0 Å². The molecule has 0 saturated heterocycles. The highest BCUT2D eigenvalue weighted by atomic mass is 16.4. The first-order valence-electron chi connectivity index (χ1n) is 8.95. The van der Waals surface area contributed by atoms with E-state index >= 15 is 0 Å². The van der Waals surface area contributed by atoms with Crippen LogP contribution >= 0.6 is 0 Å². The summed E-state index contributed by atoms with van der Waals surface area (Å²) in [7, 11) is 0. The molecule has 0 aliphatic carbocycles. The van der Waals surface area contributed by atoms with Crippen LogP contribution < -0.4 is 5.32 Å². The zero-order valence-corrected chi connectivity index (χ0v) is 14.7. The number of carboxylic acids is 1. The van der Waals surface area contributed by atoms with Gasteiger partial charge < -0.3 is 10.4 Å². The van der Waals surface area contributed by atoms with Gasteiger partial charge in [0.1, 0.15) is 6.04 Å². The van der Waals surface area contributed by atoms with Crippen molar-refractivity contribution in [2.24, 2.45) is 5.92 Å². The molecule has 0 aromatic carbocycles. The monoisotopic (exact) mass is 313 g/mol. The Morgan fingerprint density at radius 2 is 1.27 bits per heavy atom. The summed E-state index contributed by atoms with van der Waals surface area (Å²) < 4.78 is 0. The lowest BCUT2D eigenvalue weighted by Crippen LogP contribution is -2.38. The van der Waals surface area contributed by atoms with Gasteiger partial charge in [0.2, 0.25) is 5.91 Å². The van der Waals surface area contributed by atoms with Crippen molar-refractivity contribution in [3.63, 3.8) is 0 Å². The molecule has 0 saturated carbocycles. The molecule has 0 radical (unpaired) electrons. The Balaban J connectivity index is 3.26. The van der Waals surface area contributed by atoms with Crippen LogP contribution in [0.5, 0.6) is 0 Å². The molecule has 1 amide bonds. The topological polar surface area (TPSA) is 66.4 Å². The summed E-state index contributed by atoms with van der Waals surface area (Å²) in [6.45, 7) is 6.05. The second kappa shape index (κ2) is 13.6. The zero-order chi connectivity index (χ0) is 16.8. The molecular formula is C18H35NO3. The lowest BCUT2D eigenvalue weighted by molar-refractivity contribution is -0.141. The Hall–Kier alpha value is -1.06. The van der Waals surface area contributed by atoms with Gasteiger partial charge in [-0.1, -0.05) is 71.6 Å². The number of hydrogen-bond donors (Lipinski definition) is 2. The fourth-order valence-corrected chi connectivity index (χ4v) is 2.45. The first-order chi connectivity index (χ1) is 10.4. The van der Waals surface area contributed by atoms with E-state index in [1.165, 1.54) is 58.3 Å². The molecular weight excluding hydrogens is 278 g/mol. The average Bonchev–Trinajstić information content (AvgIpc) is 2.44. The number of hydrogen-bond acceptors (Lipinski definition) is 2. The highest BCUT2D eigenvalue weighted by molar-refractivity contribution is 5.83. The van der Waals surface area contributed by atoms with Crippen LogP contribution in [0.2, 0.25) is 0 Å². The van der Waals surface area contributed by atoms with E-state index in [4.69, 9.17) is 5.11 Å². The Morgan fingerprint density at radius 1 is 0.818 bits per heavy atom. The van der Waals surface area contributed by atoms with Gasteiger partial charge in [-0.05, 0) is 19.3 Å². The van der Waals surface area contributed by atoms with Crippen molar-refractivity contribution in [3.8, 4) is 0 Å². The number of rotatable bonds is 14. The summed E-state index contributed by atoms with van der Waals surface area (Å²) in [4.78, 5) is 22.1. The van der Waals surface area contributed by atoms with Gasteiger partial charge in [-0.3, -0.25) is 9.59 Å². The number of amides is 1. The molecule has 4 nitrogen and oxygen atoms in total. The molecule has 0 spiro atoms. The lowest BCUT2D eigenvalue weighted by Gasteiger charge is -2.08. The van der Waals surface area contributed by atoms with Gasteiger partial charge in [-0.25, -0.2) is 0 Å². The normalized spacial score (nSPS) is 12.4. The summed E-state index contributed by atoms with van der Waals surface area (Å²) in [6, 6.07) is -0.789. The predicted octanol–water partition coefficient (Wildman–Crippen LogP) is 4.52. The van der Waals surface area contributed by atoms with Crippen LogP contribution in [0.1, 0.15) is 91.4 Å². The summed E-state index contributed by atoms with van der Waals surface area (Å²) in [5, 5.41) is 11.2. The highest BCUT2D eigenvalue weighted by Gasteiger charge is 2.12. The third-order valence-electron chi connectivity index (χ3n) is 3.93. The molecule has 2 N–H and O–H groups in total. The second-order valence-corrected chi connectivity index (χ2v) is 6.74. The molecule has 22 heavy (non-hydrogen) atoms. The fourth-order valence-electron chi connectivity index (χ4n) is 2.45. The van der Waals surface area contributed by atoms with E-state index in [1.54, 1.807) is 0 Å². The standard InChI is InChI=1S/C18H35NO3/c1-15(2)13-11-9-7-5-4-6-8-10-12-14-17(20)19-16(3)18(21)22/h15-16H,4-14H2,1-3H3,(H,19,20)(H,21,22)/t16-/m0/s1. The van der Waals surface area contributed by atoms with Crippen molar-refractivity contribution in [3.05, 3.63) is 0 Å². The molecule has 0 aromatic rings. The smallest absolute Gasteiger partial charge is 0.325 e. The SMILES string of the molecule is CC(C)CCCCCCCCCCCC(=O)N[C@@H](C)C(=O)O. The molecule has 0 fully saturated rings. The number of carboxylic acid groups (broad SMARTS) is 1. The lowest BCUT2D eigenvalue weighted by atomic mass is 10.0. The Morgan fingerprint density at radius 3 is 1.73 bits per heavy atom. The van der Waals surface area contributed by atoms with E-state index in [0.717, 1.165) is 18.8 Å². The van der Waals surface area contributed by atoms with Crippen molar-refractivity contribution in [2.45, 2.75) is 97.4 Å². The van der Waals surface area contributed by atoms with Crippen molar-refractivity contribution < 1.29 is 14.7 Å². The van der Waals surface area contributed by atoms with Crippen molar-refractivity contribution in [1.29, 1.82) is 0 Å². The van der Waals surface area contributed by atoms with E-state index in [2.05, 4.69) is 19.2 Å². The minimum atomic E-state index is -0.984. The Kier molecular flexibility index (Phi) is 12.9. The summed E-state index contributed by atoms with van der Waals surface area (Å²) in [6.07, 6.45) is 12.8. The van der Waals surface area contributed by atoms with Crippen molar-refractivity contribution >= 4 is 11.9 Å². The van der Waals surface area contributed by atoms with Crippen LogP contribution in [0, 0.1) is 5.92 Å². The quantitative estimate of drug-likeness (QED) is 0.463. The molecule has 130 valence electrons. The van der Waals surface area contributed by atoms with Crippen LogP contribution in [-0.4, -0.2) is 23.0 Å². The van der Waals surface area contributed by atoms with Crippen LogP contribution in [-0.2, 0) is 9.59 Å². The van der Waals surface area contributed by atoms with E-state index in [1.807, 2.05) is 0 Å². The van der Waals surface area contributed by atoms with Gasteiger partial charge in [0.25, 0.3) is 0 Å². The number of nitrogens with one attached hydrogen (secondary N) is 1. The van der Waals surface area contributed by atoms with Gasteiger partial charge in [-0.2, -0.15) is 0 Å². The Labute approximate surface area is 136 Å². The molecule has 0 bridgehead atoms. The average molecular weight is 313 g/mol. The van der Waals surface area contributed by atoms with Crippen molar-refractivity contribution in [1.82, 2.24) is 5.32 Å². The maximum Gasteiger partial charge on any atom is 0.325 e. The van der Waals surface area contributed by atoms with Crippen LogP contribution in [0.3, 0.4) is 0 Å². The molecule has 1 atom stereocenters. The second-order valence-electron chi connectivity index (χ2n) is 6.74. The minimum absolute atomic E-state index is 0.153. The number of carbonyl (C=O) groups excluding carboxylic acids is 1. The van der Waals surface area contributed by atoms with Crippen LogP contribution in [0.15, 0.2) is 0 Å². The predicted molar refractivity (Wildman–Crippen MR) is 90.9 cm³/mol. The highest BCUT2D eigenvalue weighted by Crippen LogP contribution is 2.13. The molecule has 0 aliphatic heterocycles. The number of unbranched alkanes of at least 4 members (excludes halogenated alkanes) is 8. The van der Waals surface area contributed by atoms with E-state index in [9.17, 15) is 9.59 Å². The third-order valence-corrected chi connectivity index (χ3v) is 3.93. The molecule has 0 aliphatic rings. The van der Waals surface area contributed by atoms with Gasteiger partial charge in [0.15, 0.2) is 0 Å². The summed E-state index contributed by atoms with van der Waals surface area (Å²) >= 11 is 0. The molecule has 4 heteroatoms. The molecule has 0 aromatic heterocycles. The molecule has 0 heterocycles. The minimum Gasteiger partial charge on any atom is -0.480 e. The van der Waals surface area contributed by atoms with E-state index in [0.29, 0.717) is 6.42 Å². The number of aliphatic carboxylic acids is 1. The fraction of sp³-hybridized carbons (Fsp3) is 0.889. The largest absolute Gasteiger partial charge is 0.480 e. The van der Waals surface area contributed by atoms with Gasteiger partial charge in [-0.15, -0.1) is 0 Å². The van der Waals surface area contributed by atoms with Gasteiger partial charge in [0.05, 0.1) is 0 Å². The van der Waals surface area contributed by atoms with Gasteiger partial charge in [0, 0.05) is 6.42 Å². The third kappa shape index (κ3) is 13.9. The zero-order valence-electron chi connectivity index (χ0n) is 14.7. The van der Waals surface area contributed by atoms with Crippen LogP contribution in [0.4, 0.5) is 0 Å². The maximum atomic E-state index is 11.5. The molecule has 0 unspecified atom stereocenters. The van der Waals surface area contributed by atoms with E-state index in [-0.39, 0.29) is 5.91 Å². The van der Waals surface area contributed by atoms with Crippen molar-refractivity contribution in [2.75, 3.05) is 0 Å². The first kappa shape index (κ1) is 20.9. The first-order valence-corrected chi connectivity index (χ1v) is 8.95. The summed E-state index contributed by atoms with van der Waals surface area (Å²) in [5.74, 6) is -0.308. The Bertz CT molecular complexity index is 303.